The minimum Gasteiger partial charge on any atom is -0.457 e. The number of ketones is 1. The van der Waals surface area contributed by atoms with Gasteiger partial charge in [-0.25, -0.2) is 5.10 Å². The molecule has 0 aliphatic heterocycles. The number of aromatic amines is 1. The second kappa shape index (κ2) is 7.68. The van der Waals surface area contributed by atoms with Crippen molar-refractivity contribution in [2.45, 2.75) is 6.42 Å². The number of hydrogen-bond donors (Lipinski definition) is 1. The Morgan fingerprint density at radius 3 is 2.54 bits per heavy atom. The molecule has 1 N–H and O–H groups in total. The van der Waals surface area contributed by atoms with E-state index in [0.717, 1.165) is 0 Å². The third kappa shape index (κ3) is 3.92. The molecule has 3 aromatic rings. The predicted octanol–water partition coefficient (Wildman–Crippen LogP) is 3.20. The standard InChI is InChI=1S/C18H12Cl2N2O4/c19-10-5-6-13(14(20)7-10)16(23)9-26-17(24)8-15-11-3-1-2-4-12(11)18(25)22-21-15/h1-7H,8-9H2,(H,22,25). The smallest absolute Gasteiger partial charge is 0.312 e. The van der Waals surface area contributed by atoms with Crippen molar-refractivity contribution in [2.75, 3.05) is 6.61 Å². The van der Waals surface area contributed by atoms with Crippen LogP contribution in [0.15, 0.2) is 47.3 Å². The molecule has 0 aliphatic rings. The number of carbonyl (C=O) groups excluding carboxylic acids is 2. The van der Waals surface area contributed by atoms with Crippen LogP contribution < -0.4 is 5.56 Å². The first-order valence-electron chi connectivity index (χ1n) is 7.56. The summed E-state index contributed by atoms with van der Waals surface area (Å²) in [5.41, 5.74) is 0.240. The average Bonchev–Trinajstić information content (AvgIpc) is 2.62. The number of fused-ring (bicyclic) bond motifs is 1. The Morgan fingerprint density at radius 2 is 1.81 bits per heavy atom. The maximum absolute atomic E-state index is 12.1. The fraction of sp³-hybridized carbons (Fsp3) is 0.111. The molecule has 6 nitrogen and oxygen atoms in total. The highest BCUT2D eigenvalue weighted by Gasteiger charge is 2.16. The van der Waals surface area contributed by atoms with Crippen molar-refractivity contribution in [1.29, 1.82) is 0 Å². The van der Waals surface area contributed by atoms with E-state index in [1.165, 1.54) is 18.2 Å². The number of esters is 1. The zero-order chi connectivity index (χ0) is 18.7. The van der Waals surface area contributed by atoms with E-state index in [0.29, 0.717) is 21.5 Å². The lowest BCUT2D eigenvalue weighted by molar-refractivity contribution is -0.141. The Kier molecular flexibility index (Phi) is 5.35. The molecular weight excluding hydrogens is 379 g/mol. The van der Waals surface area contributed by atoms with Crippen molar-refractivity contribution in [1.82, 2.24) is 10.2 Å². The molecule has 2 aromatic carbocycles. The van der Waals surface area contributed by atoms with Crippen molar-refractivity contribution in [3.63, 3.8) is 0 Å². The summed E-state index contributed by atoms with van der Waals surface area (Å²) in [6, 6.07) is 11.2. The summed E-state index contributed by atoms with van der Waals surface area (Å²) < 4.78 is 5.01. The van der Waals surface area contributed by atoms with Crippen LogP contribution in [0.1, 0.15) is 16.1 Å². The Bertz CT molecular complexity index is 1060. The highest BCUT2D eigenvalue weighted by atomic mass is 35.5. The number of aromatic nitrogens is 2. The summed E-state index contributed by atoms with van der Waals surface area (Å²) in [5, 5.41) is 7.81. The van der Waals surface area contributed by atoms with E-state index >= 15 is 0 Å². The summed E-state index contributed by atoms with van der Waals surface area (Å²) in [5.74, 6) is -1.09. The molecule has 0 saturated carbocycles. The quantitative estimate of drug-likeness (QED) is 0.533. The van der Waals surface area contributed by atoms with E-state index in [1.54, 1.807) is 24.3 Å². The Morgan fingerprint density at radius 1 is 1.08 bits per heavy atom. The topological polar surface area (TPSA) is 89.1 Å². The number of halogens is 2. The normalized spacial score (nSPS) is 10.7. The molecule has 0 fully saturated rings. The highest BCUT2D eigenvalue weighted by molar-refractivity contribution is 6.36. The lowest BCUT2D eigenvalue weighted by Gasteiger charge is -2.07. The number of nitrogens with one attached hydrogen (secondary N) is 1. The molecule has 0 saturated heterocycles. The third-order valence-electron chi connectivity index (χ3n) is 3.68. The average molecular weight is 391 g/mol. The zero-order valence-electron chi connectivity index (χ0n) is 13.3. The largest absolute Gasteiger partial charge is 0.457 e. The van der Waals surface area contributed by atoms with Crippen molar-refractivity contribution in [2.24, 2.45) is 0 Å². The van der Waals surface area contributed by atoms with E-state index in [1.807, 2.05) is 0 Å². The van der Waals surface area contributed by atoms with Crippen LogP contribution in [0.3, 0.4) is 0 Å². The van der Waals surface area contributed by atoms with Gasteiger partial charge in [-0.1, -0.05) is 41.4 Å². The van der Waals surface area contributed by atoms with Gasteiger partial charge in [0.05, 0.1) is 22.5 Å². The maximum Gasteiger partial charge on any atom is 0.312 e. The molecule has 0 radical (unpaired) electrons. The van der Waals surface area contributed by atoms with Crippen LogP contribution in [-0.4, -0.2) is 28.6 Å². The molecular formula is C18H12Cl2N2O4. The van der Waals surface area contributed by atoms with Gasteiger partial charge in [-0.3, -0.25) is 14.4 Å². The molecule has 0 amide bonds. The summed E-state index contributed by atoms with van der Waals surface area (Å²) in [4.78, 5) is 35.9. The van der Waals surface area contributed by atoms with Gasteiger partial charge in [-0.05, 0) is 24.3 Å². The van der Waals surface area contributed by atoms with Gasteiger partial charge in [0, 0.05) is 16.0 Å². The summed E-state index contributed by atoms with van der Waals surface area (Å²) >= 11 is 11.7. The van der Waals surface area contributed by atoms with Gasteiger partial charge in [0.1, 0.15) is 0 Å². The third-order valence-corrected chi connectivity index (χ3v) is 4.23. The summed E-state index contributed by atoms with van der Waals surface area (Å²) in [6.07, 6.45) is -0.182. The zero-order valence-corrected chi connectivity index (χ0v) is 14.8. The minimum atomic E-state index is -0.645. The number of carbonyl (C=O) groups is 2. The molecule has 0 spiro atoms. The molecule has 132 valence electrons. The molecule has 3 rings (SSSR count). The molecule has 0 bridgehead atoms. The Balaban J connectivity index is 1.69. The molecule has 0 atom stereocenters. The molecule has 0 unspecified atom stereocenters. The molecule has 8 heteroatoms. The Labute approximate surface area is 157 Å². The van der Waals surface area contributed by atoms with Crippen LogP contribution in [0, 0.1) is 0 Å². The van der Waals surface area contributed by atoms with Gasteiger partial charge in [-0.15, -0.1) is 0 Å². The van der Waals surface area contributed by atoms with E-state index in [4.69, 9.17) is 27.9 Å². The van der Waals surface area contributed by atoms with E-state index in [2.05, 4.69) is 10.2 Å². The van der Waals surface area contributed by atoms with Crippen molar-refractivity contribution in [3.8, 4) is 0 Å². The molecule has 1 heterocycles. The highest BCUT2D eigenvalue weighted by Crippen LogP contribution is 2.21. The van der Waals surface area contributed by atoms with Gasteiger partial charge >= 0.3 is 5.97 Å². The summed E-state index contributed by atoms with van der Waals surface area (Å²) in [7, 11) is 0. The van der Waals surface area contributed by atoms with Crippen LogP contribution in [0.4, 0.5) is 0 Å². The fourth-order valence-electron chi connectivity index (χ4n) is 2.43. The number of nitrogens with zero attached hydrogens (tertiary/aromatic N) is 1. The first kappa shape index (κ1) is 18.1. The number of Topliss-reactive ketones (excluding diaryl/α,β-unsaturated/α-hetero) is 1. The van der Waals surface area contributed by atoms with Crippen LogP contribution in [0.5, 0.6) is 0 Å². The van der Waals surface area contributed by atoms with Gasteiger partial charge < -0.3 is 4.74 Å². The van der Waals surface area contributed by atoms with Crippen LogP contribution in [-0.2, 0) is 16.0 Å². The monoisotopic (exact) mass is 390 g/mol. The lowest BCUT2D eigenvalue weighted by atomic mass is 10.1. The van der Waals surface area contributed by atoms with E-state index < -0.39 is 18.4 Å². The van der Waals surface area contributed by atoms with Crippen molar-refractivity contribution in [3.05, 3.63) is 74.1 Å². The van der Waals surface area contributed by atoms with Crippen LogP contribution >= 0.6 is 23.2 Å². The fourth-order valence-corrected chi connectivity index (χ4v) is 2.95. The van der Waals surface area contributed by atoms with Crippen LogP contribution in [0.2, 0.25) is 10.0 Å². The van der Waals surface area contributed by atoms with Gasteiger partial charge in [-0.2, -0.15) is 5.10 Å². The van der Waals surface area contributed by atoms with Crippen molar-refractivity contribution >= 4 is 45.7 Å². The number of hydrogen-bond acceptors (Lipinski definition) is 5. The summed E-state index contributed by atoms with van der Waals surface area (Å²) in [6.45, 7) is -0.457. The maximum atomic E-state index is 12.1. The number of benzene rings is 2. The van der Waals surface area contributed by atoms with Gasteiger partial charge in [0.15, 0.2) is 6.61 Å². The number of H-pyrrole nitrogens is 1. The lowest BCUT2D eigenvalue weighted by Crippen LogP contribution is -2.18. The minimum absolute atomic E-state index is 0.182. The first-order valence-corrected chi connectivity index (χ1v) is 8.31. The number of rotatable bonds is 5. The van der Waals surface area contributed by atoms with Gasteiger partial charge in [0.2, 0.25) is 5.78 Å². The first-order chi connectivity index (χ1) is 12.5. The molecule has 1 aromatic heterocycles. The Hall–Kier alpha value is -2.70. The second-order valence-corrected chi connectivity index (χ2v) is 6.27. The van der Waals surface area contributed by atoms with E-state index in [-0.39, 0.29) is 22.6 Å². The predicted molar refractivity (Wildman–Crippen MR) is 97.8 cm³/mol. The van der Waals surface area contributed by atoms with Gasteiger partial charge in [0.25, 0.3) is 5.56 Å². The van der Waals surface area contributed by atoms with Crippen LogP contribution in [0.25, 0.3) is 10.8 Å². The molecule has 0 aliphatic carbocycles. The SMILES string of the molecule is O=C(Cc1n[nH]c(=O)c2ccccc12)OCC(=O)c1ccc(Cl)cc1Cl. The number of ether oxygens (including phenoxy) is 1. The van der Waals surface area contributed by atoms with Crippen molar-refractivity contribution < 1.29 is 14.3 Å². The second-order valence-electron chi connectivity index (χ2n) is 5.43. The van der Waals surface area contributed by atoms with E-state index in [9.17, 15) is 14.4 Å². The molecule has 26 heavy (non-hydrogen) atoms.